The summed E-state index contributed by atoms with van der Waals surface area (Å²) in [7, 11) is 0. The Balaban J connectivity index is 2.32. The van der Waals surface area contributed by atoms with Crippen molar-refractivity contribution >= 4 is 0 Å². The molecule has 1 aliphatic heterocycles. The van der Waals surface area contributed by atoms with Gasteiger partial charge in [-0.3, -0.25) is 0 Å². The van der Waals surface area contributed by atoms with Gasteiger partial charge in [0, 0.05) is 19.2 Å². The van der Waals surface area contributed by atoms with E-state index >= 15 is 0 Å². The molecule has 1 rings (SSSR count). The number of hydrogen-bond donors (Lipinski definition) is 2. The number of aliphatic hydroxyl groups excluding tert-OH is 1. The predicted molar refractivity (Wildman–Crippen MR) is 57.7 cm³/mol. The van der Waals surface area contributed by atoms with Crippen molar-refractivity contribution in [3.63, 3.8) is 0 Å². The Hall–Kier alpha value is -0.330. The Kier molecular flexibility index (Phi) is 5.22. The largest absolute Gasteiger partial charge is 0.415 e. The van der Waals surface area contributed by atoms with Crippen molar-refractivity contribution in [3.8, 4) is 0 Å². The van der Waals surface area contributed by atoms with E-state index in [0.717, 1.165) is 0 Å². The third-order valence-electron chi connectivity index (χ3n) is 3.04. The molecule has 102 valence electrons. The summed E-state index contributed by atoms with van der Waals surface area (Å²) in [6, 6.07) is -0.00634. The lowest BCUT2D eigenvalue weighted by Crippen LogP contribution is -2.46. The molecule has 6 heteroatoms. The number of alkyl halides is 3. The molecule has 2 N–H and O–H groups in total. The van der Waals surface area contributed by atoms with Gasteiger partial charge in [0.25, 0.3) is 0 Å². The SMILES string of the molecule is CC(C)C1CC(NCC(O)C(F)(F)F)CCO1. The van der Waals surface area contributed by atoms with Crippen LogP contribution in [0.2, 0.25) is 0 Å². The first kappa shape index (κ1) is 14.7. The van der Waals surface area contributed by atoms with Crippen molar-refractivity contribution in [2.45, 2.75) is 51.1 Å². The molecule has 1 heterocycles. The van der Waals surface area contributed by atoms with Crippen molar-refractivity contribution in [1.82, 2.24) is 5.32 Å². The Morgan fingerprint density at radius 3 is 2.59 bits per heavy atom. The van der Waals surface area contributed by atoms with Crippen LogP contribution in [0.4, 0.5) is 13.2 Å². The summed E-state index contributed by atoms with van der Waals surface area (Å²) in [5, 5.41) is 11.6. The lowest BCUT2D eigenvalue weighted by atomic mass is 9.95. The molecule has 17 heavy (non-hydrogen) atoms. The van der Waals surface area contributed by atoms with Crippen molar-refractivity contribution < 1.29 is 23.0 Å². The first-order chi connectivity index (χ1) is 7.80. The summed E-state index contributed by atoms with van der Waals surface area (Å²) in [6.45, 7) is 4.16. The van der Waals surface area contributed by atoms with Crippen LogP contribution < -0.4 is 5.32 Å². The zero-order valence-electron chi connectivity index (χ0n) is 10.1. The summed E-state index contributed by atoms with van der Waals surface area (Å²) in [6.07, 6.45) is -5.36. The first-order valence-corrected chi connectivity index (χ1v) is 5.90. The minimum atomic E-state index is -4.55. The number of ether oxygens (including phenoxy) is 1. The van der Waals surface area contributed by atoms with E-state index in [2.05, 4.69) is 5.32 Å². The molecule has 1 fully saturated rings. The normalized spacial score (nSPS) is 28.4. The van der Waals surface area contributed by atoms with Crippen molar-refractivity contribution in [2.24, 2.45) is 5.92 Å². The molecule has 3 nitrogen and oxygen atoms in total. The summed E-state index contributed by atoms with van der Waals surface area (Å²) in [5.74, 6) is 0.354. The van der Waals surface area contributed by atoms with Crippen LogP contribution in [0.15, 0.2) is 0 Å². The first-order valence-electron chi connectivity index (χ1n) is 5.90. The van der Waals surface area contributed by atoms with E-state index in [1.54, 1.807) is 0 Å². The van der Waals surface area contributed by atoms with Crippen molar-refractivity contribution in [3.05, 3.63) is 0 Å². The molecule has 0 aromatic carbocycles. The number of nitrogens with one attached hydrogen (secondary N) is 1. The van der Waals surface area contributed by atoms with Gasteiger partial charge in [0.1, 0.15) is 0 Å². The van der Waals surface area contributed by atoms with E-state index in [1.165, 1.54) is 0 Å². The van der Waals surface area contributed by atoms with Gasteiger partial charge in [0.15, 0.2) is 6.10 Å². The fraction of sp³-hybridized carbons (Fsp3) is 1.00. The van der Waals surface area contributed by atoms with Gasteiger partial charge in [-0.15, -0.1) is 0 Å². The molecule has 3 unspecified atom stereocenters. The maximum absolute atomic E-state index is 12.1. The highest BCUT2D eigenvalue weighted by atomic mass is 19.4. The smallest absolute Gasteiger partial charge is 0.382 e. The standard InChI is InChI=1S/C11H20F3NO2/c1-7(2)9-5-8(3-4-17-9)15-6-10(16)11(12,13)14/h7-10,15-16H,3-6H2,1-2H3. The summed E-state index contributed by atoms with van der Waals surface area (Å²) in [5.41, 5.74) is 0. The molecule has 0 aromatic heterocycles. The van der Waals surface area contributed by atoms with Crippen LogP contribution in [0.5, 0.6) is 0 Å². The zero-order valence-corrected chi connectivity index (χ0v) is 10.1. The van der Waals surface area contributed by atoms with E-state index in [1.807, 2.05) is 13.8 Å². The molecule has 0 amide bonds. The van der Waals surface area contributed by atoms with E-state index in [9.17, 15) is 13.2 Å². The second-order valence-electron chi connectivity index (χ2n) is 4.84. The number of halogens is 3. The Labute approximate surface area is 99.3 Å². The maximum Gasteiger partial charge on any atom is 0.415 e. The second kappa shape index (κ2) is 6.02. The molecule has 3 atom stereocenters. The lowest BCUT2D eigenvalue weighted by molar-refractivity contribution is -0.202. The van der Waals surface area contributed by atoms with E-state index in [0.29, 0.717) is 25.4 Å². The Bertz CT molecular complexity index is 233. The average Bonchev–Trinajstić information content (AvgIpc) is 2.25. The van der Waals surface area contributed by atoms with Gasteiger partial charge in [0.2, 0.25) is 0 Å². The van der Waals surface area contributed by atoms with Gasteiger partial charge >= 0.3 is 6.18 Å². The van der Waals surface area contributed by atoms with Gasteiger partial charge in [-0.2, -0.15) is 13.2 Å². The highest BCUT2D eigenvalue weighted by molar-refractivity contribution is 4.80. The van der Waals surface area contributed by atoms with E-state index in [4.69, 9.17) is 9.84 Å². The van der Waals surface area contributed by atoms with Gasteiger partial charge in [-0.25, -0.2) is 0 Å². The molecule has 1 aliphatic rings. The number of hydrogen-bond acceptors (Lipinski definition) is 3. The van der Waals surface area contributed by atoms with Gasteiger partial charge < -0.3 is 15.2 Å². The molecule has 1 saturated heterocycles. The molecule has 0 spiro atoms. The van der Waals surface area contributed by atoms with Crippen molar-refractivity contribution in [2.75, 3.05) is 13.2 Å². The molecule has 0 aliphatic carbocycles. The highest BCUT2D eigenvalue weighted by Gasteiger charge is 2.38. The maximum atomic E-state index is 12.1. The third-order valence-corrected chi connectivity index (χ3v) is 3.04. The van der Waals surface area contributed by atoms with Crippen LogP contribution in [0, 0.1) is 5.92 Å². The molecule has 0 bridgehead atoms. The Morgan fingerprint density at radius 2 is 2.06 bits per heavy atom. The molecule has 0 aromatic rings. The highest BCUT2D eigenvalue weighted by Crippen LogP contribution is 2.22. The Morgan fingerprint density at radius 1 is 1.41 bits per heavy atom. The quantitative estimate of drug-likeness (QED) is 0.803. The van der Waals surface area contributed by atoms with E-state index < -0.39 is 18.8 Å². The van der Waals surface area contributed by atoms with Crippen LogP contribution in [0.3, 0.4) is 0 Å². The molecule has 0 saturated carbocycles. The number of aliphatic hydroxyl groups is 1. The number of rotatable bonds is 4. The van der Waals surface area contributed by atoms with Crippen LogP contribution >= 0.6 is 0 Å². The average molecular weight is 255 g/mol. The minimum absolute atomic E-state index is 0.00634. The lowest BCUT2D eigenvalue weighted by Gasteiger charge is -2.33. The summed E-state index contributed by atoms with van der Waals surface area (Å²) in [4.78, 5) is 0. The van der Waals surface area contributed by atoms with Crippen LogP contribution in [0.25, 0.3) is 0 Å². The van der Waals surface area contributed by atoms with Gasteiger partial charge in [-0.1, -0.05) is 13.8 Å². The predicted octanol–water partition coefficient (Wildman–Crippen LogP) is 1.70. The molecular formula is C11H20F3NO2. The van der Waals surface area contributed by atoms with Crippen LogP contribution in [-0.2, 0) is 4.74 Å². The fourth-order valence-corrected chi connectivity index (χ4v) is 1.87. The van der Waals surface area contributed by atoms with Gasteiger partial charge in [-0.05, 0) is 18.8 Å². The fourth-order valence-electron chi connectivity index (χ4n) is 1.87. The second-order valence-corrected chi connectivity index (χ2v) is 4.84. The van der Waals surface area contributed by atoms with Crippen molar-refractivity contribution in [1.29, 1.82) is 0 Å². The topological polar surface area (TPSA) is 41.5 Å². The molecular weight excluding hydrogens is 235 g/mol. The van der Waals surface area contributed by atoms with Gasteiger partial charge in [0.05, 0.1) is 6.10 Å². The van der Waals surface area contributed by atoms with Crippen LogP contribution in [-0.4, -0.2) is 42.7 Å². The summed E-state index contributed by atoms with van der Waals surface area (Å²) < 4.78 is 41.8. The molecule has 0 radical (unpaired) electrons. The zero-order chi connectivity index (χ0) is 13.1. The summed E-state index contributed by atoms with van der Waals surface area (Å²) >= 11 is 0. The third kappa shape index (κ3) is 4.81. The van der Waals surface area contributed by atoms with Crippen LogP contribution in [0.1, 0.15) is 26.7 Å². The minimum Gasteiger partial charge on any atom is -0.382 e. The monoisotopic (exact) mass is 255 g/mol. The van der Waals surface area contributed by atoms with E-state index in [-0.39, 0.29) is 12.1 Å².